The van der Waals surface area contributed by atoms with Crippen LogP contribution in [0.5, 0.6) is 0 Å². The third-order valence-electron chi connectivity index (χ3n) is 21.4. The predicted octanol–water partition coefficient (Wildman–Crippen LogP) is -4.02. The van der Waals surface area contributed by atoms with Gasteiger partial charge in [-0.1, -0.05) is 0 Å². The topological polar surface area (TPSA) is 959 Å². The summed E-state index contributed by atoms with van der Waals surface area (Å²) in [5.74, 6) is -2.25. The molecule has 6 aliphatic heterocycles. The number of nitrogens with two attached hydrogens (primary N) is 6. The number of H-pyrrole nitrogens is 6. The largest absolute Gasteiger partial charge is 0.472 e. The van der Waals surface area contributed by atoms with Crippen LogP contribution in [0, 0.1) is 0 Å². The summed E-state index contributed by atoms with van der Waals surface area (Å²) < 4.78 is 188. The number of phosphoric ester groups is 6. The third-order valence-corrected chi connectivity index (χ3v) is 27.0. The molecule has 133 heavy (non-hydrogen) atoms. The van der Waals surface area contributed by atoms with Crippen molar-refractivity contribution >= 4 is 150 Å². The molecule has 0 radical (unpaired) electrons. The lowest BCUT2D eigenvalue weighted by Gasteiger charge is -2.26. The quantitative estimate of drug-likeness (QED) is 0.0171. The van der Waals surface area contributed by atoms with Gasteiger partial charge in [-0.3, -0.25) is 136 Å². The summed E-state index contributed by atoms with van der Waals surface area (Å²) in [7, 11) is -33.3. The van der Waals surface area contributed by atoms with Gasteiger partial charge in [0.05, 0.1) is 83.7 Å². The summed E-state index contributed by atoms with van der Waals surface area (Å²) in [5, 5.41) is 11.1. The second-order valence-electron chi connectivity index (χ2n) is 30.2. The zero-order valence-electron chi connectivity index (χ0n) is 67.0. The average Bonchev–Trinajstić information content (AvgIpc) is 1.66. The van der Waals surface area contributed by atoms with Crippen LogP contribution in [0.1, 0.15) is 75.9 Å². The van der Waals surface area contributed by atoms with E-state index in [9.17, 15) is 95.5 Å². The Bertz CT molecular complexity index is 7230. The Morgan fingerprint density at radius 1 is 0.293 bits per heavy atom. The minimum Gasteiger partial charge on any atom is -0.390 e. The summed E-state index contributed by atoms with van der Waals surface area (Å²) >= 11 is 0. The van der Waals surface area contributed by atoms with E-state index in [-0.39, 0.29) is 91.2 Å². The highest BCUT2D eigenvalue weighted by Crippen LogP contribution is 2.57. The van der Waals surface area contributed by atoms with E-state index in [0.29, 0.717) is 0 Å². The SMILES string of the molecule is Nc1nc2c(ncn2[C@H]2C[C@H](OP(=O)(O)OC[C@H]3O[C@@H](n4cnc5c(=O)[nH]c(N)nc54)C[C@@H]3OP(=O)(O)OC[C@H]3O[C@@H](n4cnc5c(=O)[nH]c(N)nc54)C[C@@H]3OP(=O)(O)OC[C@H]3O[C@@H](n4cnc5c(=O)[nH]c(N)nc54)C[C@@H]3OP(=O)(O)OC[C@H]3O[C@@H](n4cnc5c(=O)[nH]c(N)nc54)C[C@@H]3OP(=O)(O)OC[C@H]3O[C@@H](n4cnc5c(=O)[nH]c(N)nc54)C[C@@H]3O)[C@@H](COP(=O)(O)O)O2)c(=O)[nH]1. The van der Waals surface area contributed by atoms with Gasteiger partial charge in [-0.15, -0.1) is 0 Å². The van der Waals surface area contributed by atoms with Crippen molar-refractivity contribution in [1.82, 2.24) is 117 Å². The van der Waals surface area contributed by atoms with Gasteiger partial charge in [0, 0.05) is 38.5 Å². The highest BCUT2D eigenvalue weighted by atomic mass is 31.2. The monoisotopic (exact) mass is 1990 g/mol. The number of anilines is 6. The van der Waals surface area contributed by atoms with Crippen molar-refractivity contribution < 1.29 is 145 Å². The first kappa shape index (κ1) is 92.7. The molecule has 5 unspecified atom stereocenters. The third kappa shape index (κ3) is 19.7. The Labute approximate surface area is 732 Å². The van der Waals surface area contributed by atoms with Crippen LogP contribution in [0.3, 0.4) is 0 Å². The van der Waals surface area contributed by atoms with E-state index in [0.717, 1.165) is 45.3 Å². The maximum Gasteiger partial charge on any atom is 0.472 e. The molecule has 716 valence electrons. The number of hydrogen-bond acceptors (Lipinski definition) is 48. The minimum absolute atomic E-state index is 0.0194. The molecule has 26 N–H and O–H groups in total. The molecule has 0 spiro atoms. The van der Waals surface area contributed by atoms with Crippen molar-refractivity contribution in [3.05, 3.63) is 100 Å². The number of imidazole rings is 6. The van der Waals surface area contributed by atoms with Gasteiger partial charge in [0.15, 0.2) is 67.0 Å². The van der Waals surface area contributed by atoms with E-state index >= 15 is 0 Å². The van der Waals surface area contributed by atoms with Crippen molar-refractivity contribution in [3.63, 3.8) is 0 Å². The number of nitrogens with zero attached hydrogens (tertiary/aromatic N) is 18. The first-order chi connectivity index (χ1) is 62.9. The van der Waals surface area contributed by atoms with Gasteiger partial charge in [-0.25, -0.2) is 57.3 Å². The van der Waals surface area contributed by atoms with E-state index in [2.05, 4.69) is 94.2 Å². The minimum atomic E-state index is -5.73. The Balaban J connectivity index is 0.576. The lowest BCUT2D eigenvalue weighted by atomic mass is 10.2. The molecular formula is C60H74N30O37P6. The van der Waals surface area contributed by atoms with E-state index in [1.807, 2.05) is 0 Å². The molecular weight excluding hydrogens is 1920 g/mol. The van der Waals surface area contributed by atoms with Gasteiger partial charge in [-0.05, 0) is 0 Å². The Hall–Kier alpha value is -10.7. The van der Waals surface area contributed by atoms with Crippen LogP contribution in [0.25, 0.3) is 67.0 Å². The second kappa shape index (κ2) is 35.5. The molecule has 6 saturated heterocycles. The number of fused-ring (bicyclic) bond motifs is 6. The number of nitrogens with one attached hydrogen (secondary N) is 6. The molecule has 18 rings (SSSR count). The number of phosphoric acid groups is 6. The molecule has 12 aromatic rings. The Kier molecular flexibility index (Phi) is 24.8. The maximum atomic E-state index is 14.7. The molecule has 0 aromatic carbocycles. The number of ether oxygens (including phenoxy) is 6. The van der Waals surface area contributed by atoms with Crippen LogP contribution in [0.15, 0.2) is 66.7 Å². The fourth-order valence-corrected chi connectivity index (χ4v) is 20.8. The lowest BCUT2D eigenvalue weighted by molar-refractivity contribution is -0.0638. The van der Waals surface area contributed by atoms with Crippen molar-refractivity contribution in [2.45, 2.75) is 149 Å². The smallest absolute Gasteiger partial charge is 0.390 e. The summed E-state index contributed by atoms with van der Waals surface area (Å²) in [6.07, 6.45) is -24.8. The number of rotatable bonds is 34. The molecule has 0 amide bonds. The van der Waals surface area contributed by atoms with Crippen LogP contribution >= 0.6 is 46.9 Å². The Morgan fingerprint density at radius 2 is 0.466 bits per heavy atom. The molecule has 0 aliphatic carbocycles. The van der Waals surface area contributed by atoms with Crippen molar-refractivity contribution in [3.8, 4) is 0 Å². The number of aliphatic hydroxyl groups is 1. The van der Waals surface area contributed by atoms with E-state index in [1.165, 1.54) is 20.0 Å². The molecule has 0 bridgehead atoms. The molecule has 73 heteroatoms. The highest BCUT2D eigenvalue weighted by Gasteiger charge is 2.52. The van der Waals surface area contributed by atoms with Crippen LogP contribution in [-0.4, -0.2) is 269 Å². The summed E-state index contributed by atoms with van der Waals surface area (Å²) in [6.45, 7) is -6.39. The van der Waals surface area contributed by atoms with Crippen molar-refractivity contribution in [2.75, 3.05) is 74.0 Å². The molecule has 18 heterocycles. The van der Waals surface area contributed by atoms with E-state index in [4.69, 9.17) is 108 Å². The number of aromatic nitrogens is 24. The first-order valence-electron chi connectivity index (χ1n) is 38.8. The summed E-state index contributed by atoms with van der Waals surface area (Å²) in [5.41, 5.74) is 27.8. The molecule has 6 aliphatic rings. The molecule has 6 fully saturated rings. The lowest BCUT2D eigenvalue weighted by Crippen LogP contribution is -2.32. The number of nitrogen functional groups attached to an aromatic ring is 6. The Morgan fingerprint density at radius 3 is 0.662 bits per heavy atom. The first-order valence-corrected chi connectivity index (χ1v) is 47.8. The van der Waals surface area contributed by atoms with Crippen LogP contribution in [-0.2, 0) is 106 Å². The van der Waals surface area contributed by atoms with Gasteiger partial charge in [-0.2, -0.15) is 29.9 Å². The summed E-state index contributed by atoms with van der Waals surface area (Å²) in [4.78, 5) is 217. The molecule has 23 atom stereocenters. The molecule has 67 nitrogen and oxygen atoms in total. The van der Waals surface area contributed by atoms with Gasteiger partial charge in [0.1, 0.15) is 105 Å². The average molecular weight is 1990 g/mol. The zero-order valence-corrected chi connectivity index (χ0v) is 72.3. The fourth-order valence-electron chi connectivity index (χ4n) is 15.6. The second-order valence-corrected chi connectivity index (χ2v) is 38.5. The van der Waals surface area contributed by atoms with Crippen molar-refractivity contribution in [1.29, 1.82) is 0 Å². The van der Waals surface area contributed by atoms with Crippen molar-refractivity contribution in [2.24, 2.45) is 0 Å². The molecule has 0 saturated carbocycles. The standard InChI is InChI=1S/C60H74N30O37P6/c61-55-73-43-37(49(92)79-55)67-13-85(43)31-1-19(91)25(117-31)7-112-129(101,102)124-21-3-33(87-15-69-39-45(87)75-57(63)81-51(39)94)119-27(21)9-114-131(105,106)126-23-5-35(89-17-71-41-47(89)77-59(65)83-53(41)96)121-29(23)11-116-133(109,110)127-24-6-36(90-18-72-42-48(90)78-60(66)84-54(42)97)122-30(24)12-115-132(107,108)125-22-4-34(88-16-70-40-46(88)76-58(64)82-52(40)95)120-28(22)10-113-130(103,104)123-20-2-32(118-26(20)8-111-128(98,99)100)86-14-68-38-44(86)74-56(62)80-50(38)93/h13-36,91H,1-12H2,(H,101,102)(H,103,104)(H,105,106)(H,107,108)(H,109,110)(H2,98,99,100)(H3,61,73,79,92)(H3,62,74,80,93)(H3,63,75,81,94)(H3,64,76,82,95)(H3,65,77,83,96)(H3,66,78,84,97)/t19-,20-,21-,22-,23-,24-,25+,26+,27+,28+,29+,30+,31+,32+,33+,34+,35+,36+/m0/s1. The zero-order chi connectivity index (χ0) is 94.2. The highest BCUT2D eigenvalue weighted by molar-refractivity contribution is 7.48. The fraction of sp³-hybridized carbons (Fsp3) is 0.500. The number of aliphatic hydroxyl groups excluding tert-OH is 1. The van der Waals surface area contributed by atoms with Gasteiger partial charge in [0.2, 0.25) is 35.7 Å². The van der Waals surface area contributed by atoms with Gasteiger partial charge < -0.3 is 102 Å². The van der Waals surface area contributed by atoms with E-state index < -0.39 is 280 Å². The van der Waals surface area contributed by atoms with Gasteiger partial charge >= 0.3 is 46.9 Å². The van der Waals surface area contributed by atoms with E-state index in [1.54, 1.807) is 0 Å². The maximum absolute atomic E-state index is 14.7. The summed E-state index contributed by atoms with van der Waals surface area (Å²) in [6, 6.07) is 0. The van der Waals surface area contributed by atoms with Crippen LogP contribution in [0.4, 0.5) is 35.7 Å². The van der Waals surface area contributed by atoms with Crippen LogP contribution < -0.4 is 67.8 Å². The number of aromatic amines is 6. The number of hydrogen-bond donors (Lipinski definition) is 20. The normalized spacial score (nSPS) is 28.2. The van der Waals surface area contributed by atoms with Crippen LogP contribution in [0.2, 0.25) is 0 Å². The molecule has 12 aromatic heterocycles. The predicted molar refractivity (Wildman–Crippen MR) is 434 cm³/mol. The van der Waals surface area contributed by atoms with Gasteiger partial charge in [0.25, 0.3) is 33.4 Å².